The zero-order valence-electron chi connectivity index (χ0n) is 12.0. The number of carbonyl (C=O) groups excluding carboxylic acids is 1. The Morgan fingerprint density at radius 2 is 1.62 bits per heavy atom. The highest BCUT2D eigenvalue weighted by atomic mass is 16.7. The standard InChI is InChI=1S/C17H20O4/c18-16(12-4-2-1-3-5-12)13-8-14-10-19-11-15(9-13)17(14)20-6-7-21-17/h1-5,13-15H,6-11H2. The number of Topliss-reactive ketones (excluding diaryl/α,β-unsaturated/α-hetero) is 1. The minimum absolute atomic E-state index is 0.0599. The van der Waals surface area contributed by atoms with E-state index in [9.17, 15) is 4.79 Å². The van der Waals surface area contributed by atoms with E-state index in [1.54, 1.807) is 0 Å². The van der Waals surface area contributed by atoms with Gasteiger partial charge in [-0.1, -0.05) is 30.3 Å². The van der Waals surface area contributed by atoms with Gasteiger partial charge in [0, 0.05) is 23.3 Å². The molecule has 4 rings (SSSR count). The number of hydrogen-bond acceptors (Lipinski definition) is 4. The molecule has 1 spiro atoms. The lowest BCUT2D eigenvalue weighted by molar-refractivity contribution is -0.291. The molecule has 2 bridgehead atoms. The zero-order chi connectivity index (χ0) is 14.3. The third kappa shape index (κ3) is 2.13. The van der Waals surface area contributed by atoms with E-state index in [1.807, 2.05) is 30.3 Å². The van der Waals surface area contributed by atoms with Crippen LogP contribution in [0.4, 0.5) is 0 Å². The lowest BCUT2D eigenvalue weighted by Crippen LogP contribution is -2.58. The van der Waals surface area contributed by atoms with Crippen molar-refractivity contribution in [2.45, 2.75) is 18.6 Å². The normalized spacial score (nSPS) is 34.0. The Bertz CT molecular complexity index is 505. The van der Waals surface area contributed by atoms with Crippen LogP contribution in [0.15, 0.2) is 30.3 Å². The zero-order valence-corrected chi connectivity index (χ0v) is 12.0. The molecular formula is C17H20O4. The van der Waals surface area contributed by atoms with Crippen LogP contribution in [0, 0.1) is 17.8 Å². The van der Waals surface area contributed by atoms with E-state index in [-0.39, 0.29) is 23.5 Å². The second-order valence-corrected chi connectivity index (χ2v) is 6.25. The molecule has 1 aromatic rings. The molecule has 2 saturated heterocycles. The number of hydrogen-bond donors (Lipinski definition) is 0. The van der Waals surface area contributed by atoms with E-state index in [4.69, 9.17) is 14.2 Å². The minimum Gasteiger partial charge on any atom is -0.380 e. The fourth-order valence-electron chi connectivity index (χ4n) is 4.13. The molecule has 2 unspecified atom stereocenters. The highest BCUT2D eigenvalue weighted by Gasteiger charge is 2.57. The van der Waals surface area contributed by atoms with Crippen molar-refractivity contribution in [2.75, 3.05) is 26.4 Å². The average molecular weight is 288 g/mol. The summed E-state index contributed by atoms with van der Waals surface area (Å²) in [5.41, 5.74) is 0.811. The van der Waals surface area contributed by atoms with Crippen LogP contribution in [-0.2, 0) is 14.2 Å². The van der Waals surface area contributed by atoms with Gasteiger partial charge in [0.05, 0.1) is 26.4 Å². The van der Waals surface area contributed by atoms with Crippen molar-refractivity contribution in [2.24, 2.45) is 17.8 Å². The van der Waals surface area contributed by atoms with Crippen molar-refractivity contribution in [3.05, 3.63) is 35.9 Å². The molecule has 1 saturated carbocycles. The predicted molar refractivity (Wildman–Crippen MR) is 75.9 cm³/mol. The third-order valence-electron chi connectivity index (χ3n) is 5.08. The summed E-state index contributed by atoms with van der Waals surface area (Å²) >= 11 is 0. The summed E-state index contributed by atoms with van der Waals surface area (Å²) in [6, 6.07) is 9.59. The highest BCUT2D eigenvalue weighted by Crippen LogP contribution is 2.49. The van der Waals surface area contributed by atoms with Gasteiger partial charge < -0.3 is 14.2 Å². The molecule has 1 aromatic carbocycles. The van der Waals surface area contributed by atoms with Gasteiger partial charge in [-0.25, -0.2) is 0 Å². The Kier molecular flexibility index (Phi) is 3.32. The molecule has 4 nitrogen and oxygen atoms in total. The molecule has 0 amide bonds. The molecule has 1 aliphatic carbocycles. The fourth-order valence-corrected chi connectivity index (χ4v) is 4.13. The predicted octanol–water partition coefficient (Wildman–Crippen LogP) is 2.29. The van der Waals surface area contributed by atoms with E-state index < -0.39 is 5.79 Å². The maximum Gasteiger partial charge on any atom is 0.178 e. The van der Waals surface area contributed by atoms with Gasteiger partial charge >= 0.3 is 0 Å². The van der Waals surface area contributed by atoms with E-state index in [1.165, 1.54) is 0 Å². The van der Waals surface area contributed by atoms with Gasteiger partial charge in [0.15, 0.2) is 11.6 Å². The first-order valence-electron chi connectivity index (χ1n) is 7.74. The topological polar surface area (TPSA) is 44.8 Å². The van der Waals surface area contributed by atoms with Crippen molar-refractivity contribution in [1.82, 2.24) is 0 Å². The number of ether oxygens (including phenoxy) is 3. The van der Waals surface area contributed by atoms with Crippen molar-refractivity contribution in [3.8, 4) is 0 Å². The molecule has 3 fully saturated rings. The van der Waals surface area contributed by atoms with Crippen molar-refractivity contribution < 1.29 is 19.0 Å². The third-order valence-corrected chi connectivity index (χ3v) is 5.08. The van der Waals surface area contributed by atoms with Crippen LogP contribution in [0.3, 0.4) is 0 Å². The van der Waals surface area contributed by atoms with Gasteiger partial charge in [-0.3, -0.25) is 4.79 Å². The van der Waals surface area contributed by atoms with Crippen LogP contribution in [0.2, 0.25) is 0 Å². The Hall–Kier alpha value is -1.23. The number of rotatable bonds is 2. The van der Waals surface area contributed by atoms with Crippen molar-refractivity contribution in [1.29, 1.82) is 0 Å². The van der Waals surface area contributed by atoms with Gasteiger partial charge in [0.2, 0.25) is 0 Å². The van der Waals surface area contributed by atoms with Gasteiger partial charge in [-0.2, -0.15) is 0 Å². The summed E-state index contributed by atoms with van der Waals surface area (Å²) in [4.78, 5) is 12.7. The lowest BCUT2D eigenvalue weighted by atomic mass is 9.68. The number of ketones is 1. The summed E-state index contributed by atoms with van der Waals surface area (Å²) < 4.78 is 17.6. The van der Waals surface area contributed by atoms with Gasteiger partial charge in [-0.15, -0.1) is 0 Å². The minimum atomic E-state index is -0.480. The summed E-state index contributed by atoms with van der Waals surface area (Å²) in [5, 5.41) is 0. The number of benzene rings is 1. The Morgan fingerprint density at radius 1 is 1.00 bits per heavy atom. The lowest BCUT2D eigenvalue weighted by Gasteiger charge is -2.50. The monoisotopic (exact) mass is 288 g/mol. The van der Waals surface area contributed by atoms with Crippen LogP contribution in [-0.4, -0.2) is 38.0 Å². The molecule has 0 aromatic heterocycles. The van der Waals surface area contributed by atoms with E-state index in [0.717, 1.165) is 18.4 Å². The van der Waals surface area contributed by atoms with Gasteiger partial charge in [-0.05, 0) is 12.8 Å². The Labute approximate surface area is 124 Å². The SMILES string of the molecule is O=C(c1ccccc1)C1CC2COCC(C1)C21OCCO1. The van der Waals surface area contributed by atoms with Crippen molar-refractivity contribution >= 4 is 5.78 Å². The molecule has 2 atom stereocenters. The summed E-state index contributed by atoms with van der Waals surface area (Å²) in [5.74, 6) is 0.173. The maximum absolute atomic E-state index is 12.7. The largest absolute Gasteiger partial charge is 0.380 e. The first kappa shape index (κ1) is 13.4. The first-order chi connectivity index (χ1) is 10.3. The summed E-state index contributed by atoms with van der Waals surface area (Å²) in [6.45, 7) is 2.58. The van der Waals surface area contributed by atoms with Crippen LogP contribution in [0.25, 0.3) is 0 Å². The summed E-state index contributed by atoms with van der Waals surface area (Å²) in [7, 11) is 0. The van der Waals surface area contributed by atoms with Gasteiger partial charge in [0.25, 0.3) is 0 Å². The molecule has 0 N–H and O–H groups in total. The van der Waals surface area contributed by atoms with Gasteiger partial charge in [0.1, 0.15) is 0 Å². The molecular weight excluding hydrogens is 268 g/mol. The van der Waals surface area contributed by atoms with Crippen LogP contribution < -0.4 is 0 Å². The molecule has 112 valence electrons. The van der Waals surface area contributed by atoms with Crippen LogP contribution in [0.1, 0.15) is 23.2 Å². The van der Waals surface area contributed by atoms with E-state index in [0.29, 0.717) is 26.4 Å². The molecule has 2 heterocycles. The second kappa shape index (κ2) is 5.20. The second-order valence-electron chi connectivity index (χ2n) is 6.25. The van der Waals surface area contributed by atoms with E-state index in [2.05, 4.69) is 0 Å². The molecule has 4 heteroatoms. The Balaban J connectivity index is 1.57. The average Bonchev–Trinajstić information content (AvgIpc) is 2.97. The molecule has 0 radical (unpaired) electrons. The molecule has 3 aliphatic rings. The fraction of sp³-hybridized carbons (Fsp3) is 0.588. The molecule has 2 aliphatic heterocycles. The Morgan fingerprint density at radius 3 is 2.24 bits per heavy atom. The highest BCUT2D eigenvalue weighted by molar-refractivity contribution is 5.97. The summed E-state index contributed by atoms with van der Waals surface area (Å²) in [6.07, 6.45) is 1.59. The maximum atomic E-state index is 12.7. The van der Waals surface area contributed by atoms with Crippen molar-refractivity contribution in [3.63, 3.8) is 0 Å². The first-order valence-corrected chi connectivity index (χ1v) is 7.74. The quantitative estimate of drug-likeness (QED) is 0.783. The molecule has 21 heavy (non-hydrogen) atoms. The van der Waals surface area contributed by atoms with Crippen LogP contribution >= 0.6 is 0 Å². The van der Waals surface area contributed by atoms with E-state index >= 15 is 0 Å². The van der Waals surface area contributed by atoms with Crippen LogP contribution in [0.5, 0.6) is 0 Å². The number of carbonyl (C=O) groups is 1. The smallest absolute Gasteiger partial charge is 0.178 e.